The van der Waals surface area contributed by atoms with Crippen molar-refractivity contribution in [1.29, 1.82) is 0 Å². The minimum Gasteiger partial charge on any atom is -0.481 e. The highest BCUT2D eigenvalue weighted by Crippen LogP contribution is 2.04. The van der Waals surface area contributed by atoms with Crippen LogP contribution in [0, 0.1) is 0 Å². The molecule has 2 N–H and O–H groups in total. The Hall–Kier alpha value is -1.26. The third-order valence-corrected chi connectivity index (χ3v) is 2.76. The molecular formula is C12H24N2O3. The van der Waals surface area contributed by atoms with Crippen molar-refractivity contribution in [3.8, 4) is 0 Å². The molecule has 0 aliphatic rings. The summed E-state index contributed by atoms with van der Waals surface area (Å²) in [7, 11) is 0. The summed E-state index contributed by atoms with van der Waals surface area (Å²) in [5, 5.41) is 11.6. The molecule has 17 heavy (non-hydrogen) atoms. The molecule has 0 unspecified atom stereocenters. The molecule has 0 fully saturated rings. The van der Waals surface area contributed by atoms with Gasteiger partial charge in [0.15, 0.2) is 0 Å². The maximum Gasteiger partial charge on any atom is 0.317 e. The average Bonchev–Trinajstić information content (AvgIpc) is 2.25. The number of urea groups is 1. The molecule has 0 saturated carbocycles. The van der Waals surface area contributed by atoms with Crippen LogP contribution in [-0.2, 0) is 4.79 Å². The van der Waals surface area contributed by atoms with E-state index in [1.807, 2.05) is 27.7 Å². The summed E-state index contributed by atoms with van der Waals surface area (Å²) in [6, 6.07) is -0.00718. The highest BCUT2D eigenvalue weighted by molar-refractivity contribution is 5.75. The van der Waals surface area contributed by atoms with Gasteiger partial charge in [-0.05, 0) is 26.7 Å². The highest BCUT2D eigenvalue weighted by atomic mass is 16.4. The predicted molar refractivity (Wildman–Crippen MR) is 67.0 cm³/mol. The molecule has 0 aromatic heterocycles. The van der Waals surface area contributed by atoms with Gasteiger partial charge in [-0.1, -0.05) is 13.8 Å². The van der Waals surface area contributed by atoms with Gasteiger partial charge in [0, 0.05) is 18.6 Å². The SMILES string of the molecule is CCC(CC)NC(=O)N(CCC(=O)O)C(C)C. The summed E-state index contributed by atoms with van der Waals surface area (Å²) >= 11 is 0. The number of carbonyl (C=O) groups excluding carboxylic acids is 1. The number of amides is 2. The van der Waals surface area contributed by atoms with E-state index >= 15 is 0 Å². The molecular weight excluding hydrogens is 220 g/mol. The minimum atomic E-state index is -0.883. The molecule has 0 saturated heterocycles. The third-order valence-electron chi connectivity index (χ3n) is 2.76. The van der Waals surface area contributed by atoms with E-state index in [2.05, 4.69) is 5.32 Å². The molecule has 0 aliphatic carbocycles. The minimum absolute atomic E-state index is 0.00344. The Bertz CT molecular complexity index is 250. The predicted octanol–water partition coefficient (Wildman–Crippen LogP) is 2.07. The van der Waals surface area contributed by atoms with E-state index in [9.17, 15) is 9.59 Å². The lowest BCUT2D eigenvalue weighted by Crippen LogP contribution is -2.48. The van der Waals surface area contributed by atoms with Gasteiger partial charge in [-0.2, -0.15) is 0 Å². The van der Waals surface area contributed by atoms with E-state index in [-0.39, 0.29) is 31.1 Å². The first-order chi connectivity index (χ1) is 7.92. The maximum absolute atomic E-state index is 11.9. The van der Waals surface area contributed by atoms with Crippen LogP contribution in [-0.4, -0.2) is 40.6 Å². The van der Waals surface area contributed by atoms with Crippen molar-refractivity contribution < 1.29 is 14.7 Å². The summed E-state index contributed by atoms with van der Waals surface area (Å²) in [6.45, 7) is 8.05. The van der Waals surface area contributed by atoms with E-state index in [0.29, 0.717) is 0 Å². The molecule has 0 aromatic carbocycles. The lowest BCUT2D eigenvalue weighted by molar-refractivity contribution is -0.137. The molecule has 0 atom stereocenters. The fourth-order valence-corrected chi connectivity index (χ4v) is 1.56. The number of hydrogen-bond acceptors (Lipinski definition) is 2. The Labute approximate surface area is 103 Å². The summed E-state index contributed by atoms with van der Waals surface area (Å²) in [5.41, 5.74) is 0. The van der Waals surface area contributed by atoms with Gasteiger partial charge in [0.2, 0.25) is 0 Å². The van der Waals surface area contributed by atoms with Gasteiger partial charge in [0.05, 0.1) is 6.42 Å². The molecule has 2 amide bonds. The lowest BCUT2D eigenvalue weighted by Gasteiger charge is -2.28. The van der Waals surface area contributed by atoms with Crippen molar-refractivity contribution in [2.75, 3.05) is 6.54 Å². The number of carboxylic acids is 1. The van der Waals surface area contributed by atoms with Gasteiger partial charge in [-0.15, -0.1) is 0 Å². The van der Waals surface area contributed by atoms with Gasteiger partial charge in [0.25, 0.3) is 0 Å². The molecule has 100 valence electrons. The molecule has 0 rings (SSSR count). The largest absolute Gasteiger partial charge is 0.481 e. The van der Waals surface area contributed by atoms with Gasteiger partial charge < -0.3 is 15.3 Å². The fourth-order valence-electron chi connectivity index (χ4n) is 1.56. The Kier molecular flexibility index (Phi) is 7.34. The van der Waals surface area contributed by atoms with Crippen molar-refractivity contribution in [2.24, 2.45) is 0 Å². The second-order valence-corrected chi connectivity index (χ2v) is 4.39. The zero-order chi connectivity index (χ0) is 13.4. The summed E-state index contributed by atoms with van der Waals surface area (Å²) in [5.74, 6) is -0.883. The summed E-state index contributed by atoms with van der Waals surface area (Å²) in [6.07, 6.45) is 1.74. The molecule has 0 heterocycles. The topological polar surface area (TPSA) is 69.6 Å². The van der Waals surface area contributed by atoms with Crippen molar-refractivity contribution in [3.05, 3.63) is 0 Å². The highest BCUT2D eigenvalue weighted by Gasteiger charge is 2.19. The Morgan fingerprint density at radius 1 is 1.24 bits per heavy atom. The van der Waals surface area contributed by atoms with Crippen LogP contribution in [0.1, 0.15) is 47.0 Å². The van der Waals surface area contributed by atoms with E-state index in [4.69, 9.17) is 5.11 Å². The smallest absolute Gasteiger partial charge is 0.317 e. The molecule has 5 heteroatoms. The maximum atomic E-state index is 11.9. The van der Waals surface area contributed by atoms with Crippen LogP contribution in [0.5, 0.6) is 0 Å². The van der Waals surface area contributed by atoms with Gasteiger partial charge in [0.1, 0.15) is 0 Å². The van der Waals surface area contributed by atoms with Crippen LogP contribution < -0.4 is 5.32 Å². The zero-order valence-electron chi connectivity index (χ0n) is 11.2. The molecule has 0 spiro atoms. The number of aliphatic carboxylic acids is 1. The monoisotopic (exact) mass is 244 g/mol. The Morgan fingerprint density at radius 2 is 1.76 bits per heavy atom. The van der Waals surface area contributed by atoms with Crippen LogP contribution in [0.15, 0.2) is 0 Å². The first kappa shape index (κ1) is 15.7. The molecule has 0 bridgehead atoms. The van der Waals surface area contributed by atoms with Crippen LogP contribution in [0.4, 0.5) is 4.79 Å². The quantitative estimate of drug-likeness (QED) is 0.720. The number of rotatable bonds is 7. The number of carbonyl (C=O) groups is 2. The van der Waals surface area contributed by atoms with Gasteiger partial charge in [-0.25, -0.2) is 4.79 Å². The first-order valence-corrected chi connectivity index (χ1v) is 6.21. The van der Waals surface area contributed by atoms with E-state index in [0.717, 1.165) is 12.8 Å². The Morgan fingerprint density at radius 3 is 2.12 bits per heavy atom. The number of nitrogens with zero attached hydrogens (tertiary/aromatic N) is 1. The number of nitrogens with one attached hydrogen (secondary N) is 1. The fraction of sp³-hybridized carbons (Fsp3) is 0.833. The van der Waals surface area contributed by atoms with Crippen molar-refractivity contribution in [1.82, 2.24) is 10.2 Å². The van der Waals surface area contributed by atoms with E-state index in [1.165, 1.54) is 0 Å². The number of hydrogen-bond donors (Lipinski definition) is 2. The van der Waals surface area contributed by atoms with Crippen molar-refractivity contribution in [3.63, 3.8) is 0 Å². The number of carboxylic acid groups (broad SMARTS) is 1. The lowest BCUT2D eigenvalue weighted by atomic mass is 10.2. The molecule has 0 aliphatic heterocycles. The molecule has 0 radical (unpaired) electrons. The zero-order valence-corrected chi connectivity index (χ0v) is 11.2. The van der Waals surface area contributed by atoms with E-state index < -0.39 is 5.97 Å². The molecule has 5 nitrogen and oxygen atoms in total. The Balaban J connectivity index is 4.38. The van der Waals surface area contributed by atoms with Gasteiger partial charge in [-0.3, -0.25) is 4.79 Å². The molecule has 0 aromatic rings. The second-order valence-electron chi connectivity index (χ2n) is 4.39. The van der Waals surface area contributed by atoms with Crippen LogP contribution in [0.25, 0.3) is 0 Å². The normalized spacial score (nSPS) is 10.7. The third kappa shape index (κ3) is 6.14. The van der Waals surface area contributed by atoms with E-state index in [1.54, 1.807) is 4.90 Å². The van der Waals surface area contributed by atoms with Crippen LogP contribution in [0.3, 0.4) is 0 Å². The second kappa shape index (κ2) is 7.92. The standard InChI is InChI=1S/C12H24N2O3/c1-5-10(6-2)13-12(17)14(9(3)4)8-7-11(15)16/h9-10H,5-8H2,1-4H3,(H,13,17)(H,15,16). The summed E-state index contributed by atoms with van der Waals surface area (Å²) < 4.78 is 0. The summed E-state index contributed by atoms with van der Waals surface area (Å²) in [4.78, 5) is 24.0. The van der Waals surface area contributed by atoms with Crippen LogP contribution in [0.2, 0.25) is 0 Å². The first-order valence-electron chi connectivity index (χ1n) is 6.21. The van der Waals surface area contributed by atoms with Crippen LogP contribution >= 0.6 is 0 Å². The average molecular weight is 244 g/mol. The van der Waals surface area contributed by atoms with Gasteiger partial charge >= 0.3 is 12.0 Å². The van der Waals surface area contributed by atoms with Crippen molar-refractivity contribution >= 4 is 12.0 Å². The van der Waals surface area contributed by atoms with Crippen molar-refractivity contribution in [2.45, 2.75) is 59.0 Å².